The lowest BCUT2D eigenvalue weighted by molar-refractivity contribution is -0.132. The average molecular weight is 288 g/mol. The summed E-state index contributed by atoms with van der Waals surface area (Å²) in [4.78, 5) is 14.5. The van der Waals surface area contributed by atoms with Gasteiger partial charge in [0.05, 0.1) is 6.61 Å². The van der Waals surface area contributed by atoms with E-state index >= 15 is 0 Å². The van der Waals surface area contributed by atoms with Crippen molar-refractivity contribution in [3.8, 4) is 0 Å². The Bertz CT molecular complexity index is 497. The number of benzene rings is 1. The molecule has 2 atom stereocenters. The molecule has 2 aliphatic heterocycles. The van der Waals surface area contributed by atoms with Crippen LogP contribution in [0.4, 0.5) is 5.69 Å². The number of nitrogens with zero attached hydrogens (tertiary/aromatic N) is 1. The Morgan fingerprint density at radius 3 is 3.05 bits per heavy atom. The van der Waals surface area contributed by atoms with Crippen LogP contribution in [-0.2, 0) is 16.0 Å². The van der Waals surface area contributed by atoms with E-state index < -0.39 is 0 Å². The van der Waals surface area contributed by atoms with Crippen molar-refractivity contribution in [2.75, 3.05) is 32.1 Å². The first kappa shape index (κ1) is 14.4. The summed E-state index contributed by atoms with van der Waals surface area (Å²) in [5, 5.41) is 3.39. The monoisotopic (exact) mass is 288 g/mol. The molecule has 4 nitrogen and oxygen atoms in total. The summed E-state index contributed by atoms with van der Waals surface area (Å²) in [6.45, 7) is 2.46. The Morgan fingerprint density at radius 1 is 1.38 bits per heavy atom. The number of hydrogen-bond donors (Lipinski definition) is 1. The molecule has 0 spiro atoms. The van der Waals surface area contributed by atoms with Crippen molar-refractivity contribution in [1.29, 1.82) is 0 Å². The maximum Gasteiger partial charge on any atom is 0.244 e. The number of anilines is 1. The molecule has 3 rings (SSSR count). The highest BCUT2D eigenvalue weighted by molar-refractivity contribution is 5.85. The van der Waals surface area contributed by atoms with Gasteiger partial charge in [-0.25, -0.2) is 0 Å². The van der Waals surface area contributed by atoms with Gasteiger partial charge in [0.1, 0.15) is 6.04 Å². The first-order valence-corrected chi connectivity index (χ1v) is 7.91. The molecule has 0 saturated carbocycles. The van der Waals surface area contributed by atoms with Crippen LogP contribution < -0.4 is 5.32 Å². The fourth-order valence-electron chi connectivity index (χ4n) is 3.32. The van der Waals surface area contributed by atoms with E-state index in [1.165, 1.54) is 12.0 Å². The van der Waals surface area contributed by atoms with Gasteiger partial charge < -0.3 is 15.0 Å². The quantitative estimate of drug-likeness (QED) is 0.928. The van der Waals surface area contributed by atoms with Crippen LogP contribution in [0.3, 0.4) is 0 Å². The zero-order valence-electron chi connectivity index (χ0n) is 12.7. The largest absolute Gasteiger partial charge is 0.381 e. The minimum atomic E-state index is -0.0885. The normalized spacial score (nSPS) is 24.8. The van der Waals surface area contributed by atoms with Crippen molar-refractivity contribution in [3.63, 3.8) is 0 Å². The second kappa shape index (κ2) is 6.48. The number of hydrogen-bond acceptors (Lipinski definition) is 3. The minimum Gasteiger partial charge on any atom is -0.381 e. The number of aryl methyl sites for hydroxylation is 1. The second-order valence-electron chi connectivity index (χ2n) is 6.19. The van der Waals surface area contributed by atoms with Gasteiger partial charge in [0, 0.05) is 25.9 Å². The predicted molar refractivity (Wildman–Crippen MR) is 83.4 cm³/mol. The number of ether oxygens (including phenoxy) is 1. The number of fused-ring (bicyclic) bond motifs is 1. The fraction of sp³-hybridized carbons (Fsp3) is 0.588. The van der Waals surface area contributed by atoms with Crippen molar-refractivity contribution in [2.24, 2.45) is 5.92 Å². The molecule has 1 aromatic carbocycles. The van der Waals surface area contributed by atoms with Crippen LogP contribution in [0.5, 0.6) is 0 Å². The first-order chi connectivity index (χ1) is 10.2. The van der Waals surface area contributed by atoms with Crippen molar-refractivity contribution < 1.29 is 9.53 Å². The summed E-state index contributed by atoms with van der Waals surface area (Å²) in [5.74, 6) is 0.693. The third-order valence-electron chi connectivity index (χ3n) is 4.51. The minimum absolute atomic E-state index is 0.0885. The van der Waals surface area contributed by atoms with Gasteiger partial charge in [0.25, 0.3) is 0 Å². The Morgan fingerprint density at radius 2 is 2.24 bits per heavy atom. The number of carbonyl (C=O) groups is 1. The summed E-state index contributed by atoms with van der Waals surface area (Å²) in [5.41, 5.74) is 2.42. The zero-order valence-corrected chi connectivity index (χ0v) is 12.7. The highest BCUT2D eigenvalue weighted by Crippen LogP contribution is 2.25. The molecule has 0 aromatic heterocycles. The maximum absolute atomic E-state index is 12.6. The SMILES string of the molecule is CN(CC1CCCOC1)C(=O)C1CCc2ccccc2N1. The van der Waals surface area contributed by atoms with Crippen LogP contribution in [0.25, 0.3) is 0 Å². The number of carbonyl (C=O) groups excluding carboxylic acids is 1. The van der Waals surface area contributed by atoms with E-state index in [0.29, 0.717) is 5.92 Å². The molecular formula is C17H24N2O2. The van der Waals surface area contributed by atoms with Gasteiger partial charge in [0.2, 0.25) is 5.91 Å². The van der Waals surface area contributed by atoms with E-state index in [-0.39, 0.29) is 11.9 Å². The van der Waals surface area contributed by atoms with Crippen LogP contribution in [0.1, 0.15) is 24.8 Å². The summed E-state index contributed by atoms with van der Waals surface area (Å²) in [7, 11) is 1.92. The molecule has 0 aliphatic carbocycles. The van der Waals surface area contributed by atoms with E-state index in [2.05, 4.69) is 23.5 Å². The molecule has 4 heteroatoms. The Labute approximate surface area is 126 Å². The lowest BCUT2D eigenvalue weighted by Crippen LogP contribution is -2.45. The van der Waals surface area contributed by atoms with Crippen LogP contribution in [-0.4, -0.2) is 43.7 Å². The molecule has 2 aliphatic rings. The number of rotatable bonds is 3. The summed E-state index contributed by atoms with van der Waals surface area (Å²) in [6, 6.07) is 8.17. The molecule has 1 saturated heterocycles. The summed E-state index contributed by atoms with van der Waals surface area (Å²) < 4.78 is 5.50. The van der Waals surface area contributed by atoms with Crippen LogP contribution >= 0.6 is 0 Å². The van der Waals surface area contributed by atoms with Gasteiger partial charge in [-0.3, -0.25) is 4.79 Å². The van der Waals surface area contributed by atoms with Crippen LogP contribution in [0.15, 0.2) is 24.3 Å². The van der Waals surface area contributed by atoms with E-state index in [9.17, 15) is 4.79 Å². The van der Waals surface area contributed by atoms with Gasteiger partial charge in [-0.15, -0.1) is 0 Å². The van der Waals surface area contributed by atoms with Gasteiger partial charge in [-0.2, -0.15) is 0 Å². The molecule has 2 unspecified atom stereocenters. The van der Waals surface area contributed by atoms with E-state index in [0.717, 1.165) is 44.7 Å². The third-order valence-corrected chi connectivity index (χ3v) is 4.51. The molecule has 1 aromatic rings. The number of para-hydroxylation sites is 1. The van der Waals surface area contributed by atoms with Crippen molar-refractivity contribution in [1.82, 2.24) is 4.90 Å². The number of nitrogens with one attached hydrogen (secondary N) is 1. The Hall–Kier alpha value is -1.55. The Balaban J connectivity index is 1.58. The summed E-state index contributed by atoms with van der Waals surface area (Å²) in [6.07, 6.45) is 4.13. The predicted octanol–water partition coefficient (Wildman–Crippen LogP) is 2.30. The summed E-state index contributed by atoms with van der Waals surface area (Å²) >= 11 is 0. The molecule has 2 heterocycles. The van der Waals surface area contributed by atoms with E-state index in [1.807, 2.05) is 18.0 Å². The second-order valence-corrected chi connectivity index (χ2v) is 6.19. The van der Waals surface area contributed by atoms with Crippen molar-refractivity contribution in [3.05, 3.63) is 29.8 Å². The highest BCUT2D eigenvalue weighted by Gasteiger charge is 2.27. The maximum atomic E-state index is 12.6. The standard InChI is InChI=1S/C17H24N2O2/c1-19(11-13-5-4-10-21-12-13)17(20)16-9-8-14-6-2-3-7-15(14)18-16/h2-3,6-7,13,16,18H,4-5,8-12H2,1H3. The molecule has 21 heavy (non-hydrogen) atoms. The average Bonchev–Trinajstić information content (AvgIpc) is 2.54. The lowest BCUT2D eigenvalue weighted by atomic mass is 9.96. The molecule has 114 valence electrons. The third kappa shape index (κ3) is 3.38. The molecule has 1 N–H and O–H groups in total. The molecular weight excluding hydrogens is 264 g/mol. The van der Waals surface area contributed by atoms with Gasteiger partial charge >= 0.3 is 0 Å². The molecule has 1 amide bonds. The van der Waals surface area contributed by atoms with Crippen molar-refractivity contribution in [2.45, 2.75) is 31.7 Å². The topological polar surface area (TPSA) is 41.6 Å². The van der Waals surface area contributed by atoms with E-state index in [4.69, 9.17) is 4.74 Å². The number of likely N-dealkylation sites (N-methyl/N-ethyl adjacent to an activating group) is 1. The van der Waals surface area contributed by atoms with Gasteiger partial charge in [-0.1, -0.05) is 18.2 Å². The smallest absolute Gasteiger partial charge is 0.244 e. The molecule has 0 bridgehead atoms. The number of amides is 1. The van der Waals surface area contributed by atoms with Crippen LogP contribution in [0, 0.1) is 5.92 Å². The highest BCUT2D eigenvalue weighted by atomic mass is 16.5. The van der Waals surface area contributed by atoms with Gasteiger partial charge in [0.15, 0.2) is 0 Å². The zero-order chi connectivity index (χ0) is 14.7. The van der Waals surface area contributed by atoms with Gasteiger partial charge in [-0.05, 0) is 43.2 Å². The molecule has 1 fully saturated rings. The fourth-order valence-corrected chi connectivity index (χ4v) is 3.32. The lowest BCUT2D eigenvalue weighted by Gasteiger charge is -2.32. The molecule has 0 radical (unpaired) electrons. The Kier molecular flexibility index (Phi) is 4.44. The first-order valence-electron chi connectivity index (χ1n) is 7.91. The van der Waals surface area contributed by atoms with Crippen molar-refractivity contribution >= 4 is 11.6 Å². The van der Waals surface area contributed by atoms with Crippen LogP contribution in [0.2, 0.25) is 0 Å². The van der Waals surface area contributed by atoms with E-state index in [1.54, 1.807) is 0 Å².